The van der Waals surface area contributed by atoms with E-state index in [-0.39, 0.29) is 34.0 Å². The van der Waals surface area contributed by atoms with Gasteiger partial charge in [0, 0.05) is 33.7 Å². The molecule has 1 aliphatic rings. The van der Waals surface area contributed by atoms with Gasteiger partial charge in [0.25, 0.3) is 0 Å². The highest BCUT2D eigenvalue weighted by molar-refractivity contribution is 7.47. The number of ether oxygens (including phenoxy) is 2. The van der Waals surface area contributed by atoms with Crippen LogP contribution in [0.3, 0.4) is 0 Å². The van der Waals surface area contributed by atoms with Crippen LogP contribution >= 0.6 is 23.5 Å². The summed E-state index contributed by atoms with van der Waals surface area (Å²) in [6.45, 7) is 0.318. The largest absolute Gasteiger partial charge is 0.472 e. The van der Waals surface area contributed by atoms with Crippen molar-refractivity contribution in [1.29, 1.82) is 0 Å². The monoisotopic (exact) mass is 999 g/mol. The fraction of sp³-hybridized carbons (Fsp3) is 0.571. The van der Waals surface area contributed by atoms with Gasteiger partial charge in [0.2, 0.25) is 0 Å². The maximum absolute atomic E-state index is 13.0. The first-order valence-electron chi connectivity index (χ1n) is 19.8. The number of aliphatic hydroxyl groups is 3. The summed E-state index contributed by atoms with van der Waals surface area (Å²) in [5.41, 5.74) is 0. The van der Waals surface area contributed by atoms with E-state index in [0.29, 0.717) is 12.8 Å². The molecule has 0 amide bonds. The summed E-state index contributed by atoms with van der Waals surface area (Å²) in [7, 11) is -16.7. The lowest BCUT2D eigenvalue weighted by atomic mass is 9.85. The van der Waals surface area contributed by atoms with Crippen LogP contribution in [0.1, 0.15) is 118 Å². The van der Waals surface area contributed by atoms with Gasteiger partial charge in [0.05, 0.1) is 6.61 Å². The second kappa shape index (κ2) is 34.0. The first-order chi connectivity index (χ1) is 30.3. The molecule has 11 N–H and O–H groups in total. The van der Waals surface area contributed by atoms with Gasteiger partial charge in [0.1, 0.15) is 43.2 Å². The molecule has 5 unspecified atom stereocenters. The molecule has 1 rings (SSSR count). The summed E-state index contributed by atoms with van der Waals surface area (Å²) < 4.78 is 64.6. The van der Waals surface area contributed by atoms with Gasteiger partial charge >= 0.3 is 35.4 Å². The van der Waals surface area contributed by atoms with E-state index in [1.807, 2.05) is 5.92 Å². The van der Waals surface area contributed by atoms with Crippen molar-refractivity contribution in [2.24, 2.45) is 0 Å². The Morgan fingerprint density at radius 2 is 0.938 bits per heavy atom. The second-order valence-corrected chi connectivity index (χ2v) is 17.3. The van der Waals surface area contributed by atoms with Gasteiger partial charge in [-0.05, 0) is 89.3 Å². The third-order valence-corrected chi connectivity index (χ3v) is 10.4. The smallest absolute Gasteiger partial charge is 0.456 e. The van der Waals surface area contributed by atoms with Crippen molar-refractivity contribution >= 4 is 35.4 Å². The van der Waals surface area contributed by atoms with Gasteiger partial charge in [-0.3, -0.25) is 22.9 Å². The third kappa shape index (κ3) is 30.4. The number of phosphoric ester groups is 3. The zero-order valence-corrected chi connectivity index (χ0v) is 38.2. The van der Waals surface area contributed by atoms with E-state index in [1.54, 1.807) is 0 Å². The summed E-state index contributed by atoms with van der Waals surface area (Å²) in [4.78, 5) is 72.5. The highest BCUT2D eigenvalue weighted by Gasteiger charge is 2.56. The first kappa shape index (κ1) is 60.6. The van der Waals surface area contributed by atoms with Crippen molar-refractivity contribution in [2.45, 2.75) is 140 Å². The minimum Gasteiger partial charge on any atom is -0.456 e. The zero-order chi connectivity index (χ0) is 47.9. The Morgan fingerprint density at radius 3 is 1.34 bits per heavy atom. The van der Waals surface area contributed by atoms with Crippen molar-refractivity contribution in [2.75, 3.05) is 13.2 Å². The molecule has 0 bridgehead atoms. The number of rotatable bonds is 26. The van der Waals surface area contributed by atoms with Gasteiger partial charge in [0.15, 0.2) is 6.10 Å². The number of hydrogen-bond acceptors (Lipinski definition) is 15. The predicted octanol–water partition coefficient (Wildman–Crippen LogP) is 5.99. The Morgan fingerprint density at radius 1 is 0.569 bits per heavy atom. The molecule has 0 aromatic carbocycles. The minimum absolute atomic E-state index is 0. The molecule has 0 heterocycles. The van der Waals surface area contributed by atoms with Crippen LogP contribution in [0.4, 0.5) is 0 Å². The number of unbranched alkanes of at least 4 members (excludes halogenated alkanes) is 12. The Bertz CT molecular complexity index is 2190. The van der Waals surface area contributed by atoms with E-state index in [4.69, 9.17) is 24.9 Å². The molecule has 8 atom stereocenters. The fourth-order valence-electron chi connectivity index (χ4n) is 5.53. The number of carbonyl (C=O) groups excluding carboxylic acids is 2. The van der Waals surface area contributed by atoms with Crippen molar-refractivity contribution in [3.05, 3.63) is 0 Å². The van der Waals surface area contributed by atoms with Gasteiger partial charge in [-0.15, -0.1) is 6.42 Å². The molecule has 65 heavy (non-hydrogen) atoms. The van der Waals surface area contributed by atoms with E-state index in [2.05, 4.69) is 98.9 Å². The highest BCUT2D eigenvalue weighted by Crippen LogP contribution is 2.51. The molecular formula is C42H84NO19P3. The Balaban J connectivity index is -0.000000183. The molecule has 0 aliphatic heterocycles. The van der Waals surface area contributed by atoms with Gasteiger partial charge < -0.3 is 55.4 Å². The zero-order valence-electron chi connectivity index (χ0n) is 35.5. The second-order valence-electron chi connectivity index (χ2n) is 13.5. The van der Waals surface area contributed by atoms with Gasteiger partial charge in [-0.2, -0.15) is 0 Å². The van der Waals surface area contributed by atoms with Crippen LogP contribution in [-0.4, -0.2) is 108 Å². The standard InChI is InChI=1S/C42H51O19P3.H3N.15H2/c1-3-5-7-9-11-13-15-17-19-20-22-24-26-28-30-35(43)56-32-34(58-36(44)31-29-27-25-23-21-18-16-14-12-10-8-6-4-2)33-57-64(54,55)61-42-38(46)40(59-62(48,49)50)37(45)41(39(42)47)60-63(51,52)53;;;;;;;;;;;;;;;;/h1,34,37-42,45-47H,4,6,8,10,12,14,16,18,21,23,25,27,29,31-33H2,2H3,(H,54,55)(H2,48,49,50)(H2,51,52,53);1H3;15*1H/t34-,37?,38+,39?,40?,41-,42?;;;;;;;;;;;;;;;;/m1................/s1. The molecule has 0 aromatic heterocycles. The van der Waals surface area contributed by atoms with E-state index < -0.39 is 91.3 Å². The molecule has 1 saturated carbocycles. The molecule has 0 spiro atoms. The summed E-state index contributed by atoms with van der Waals surface area (Å²) in [5, 5.41) is 31.7. The summed E-state index contributed by atoms with van der Waals surface area (Å²) in [5.74, 6) is 32.5. The van der Waals surface area contributed by atoms with Crippen LogP contribution in [0.2, 0.25) is 0 Å². The maximum atomic E-state index is 13.0. The van der Waals surface area contributed by atoms with Crippen molar-refractivity contribution < 1.29 is 112 Å². The molecule has 0 aromatic rings. The van der Waals surface area contributed by atoms with Crippen molar-refractivity contribution in [1.82, 2.24) is 6.15 Å². The van der Waals surface area contributed by atoms with E-state index in [0.717, 1.165) is 25.7 Å². The summed E-state index contributed by atoms with van der Waals surface area (Å²) in [6.07, 6.45) is 1.75. The lowest BCUT2D eigenvalue weighted by Crippen LogP contribution is -2.65. The topological polar surface area (TPSA) is 338 Å². The highest BCUT2D eigenvalue weighted by atomic mass is 31.2. The molecule has 386 valence electrons. The number of hydrogen-bond donors (Lipinski definition) is 9. The predicted molar refractivity (Wildman–Crippen MR) is 264 cm³/mol. The number of aliphatic hydroxyl groups excluding tert-OH is 3. The van der Waals surface area contributed by atoms with Crippen molar-refractivity contribution in [3.8, 4) is 95.2 Å². The molecule has 1 aliphatic carbocycles. The quantitative estimate of drug-likeness (QED) is 0.0158. The minimum atomic E-state index is -5.59. The molecular weight excluding hydrogens is 915 g/mol. The normalized spacial score (nSPS) is 19.8. The number of esters is 2. The fourth-order valence-corrected chi connectivity index (χ4v) is 7.64. The first-order valence-corrected chi connectivity index (χ1v) is 24.4. The average Bonchev–Trinajstić information content (AvgIpc) is 3.22. The van der Waals surface area contributed by atoms with Gasteiger partial charge in [-0.1, -0.05) is 84.0 Å². The maximum Gasteiger partial charge on any atom is 0.472 e. The molecule has 23 heteroatoms. The van der Waals surface area contributed by atoms with Crippen LogP contribution in [0.15, 0.2) is 0 Å². The molecule has 0 radical (unpaired) electrons. The number of phosphoric acid groups is 3. The van der Waals surface area contributed by atoms with Crippen LogP contribution in [0.25, 0.3) is 0 Å². The lowest BCUT2D eigenvalue weighted by molar-refractivity contribution is -0.213. The van der Waals surface area contributed by atoms with Crippen LogP contribution in [0.5, 0.6) is 0 Å². The molecule has 20 nitrogen and oxygen atoms in total. The van der Waals surface area contributed by atoms with E-state index >= 15 is 0 Å². The van der Waals surface area contributed by atoms with Crippen LogP contribution in [-0.2, 0) is 50.9 Å². The molecule has 1 fully saturated rings. The lowest BCUT2D eigenvalue weighted by Gasteiger charge is -2.44. The number of terminal acetylenes is 1. The third-order valence-electron chi connectivity index (χ3n) is 8.39. The summed E-state index contributed by atoms with van der Waals surface area (Å²) >= 11 is 0. The Labute approximate surface area is 401 Å². The summed E-state index contributed by atoms with van der Waals surface area (Å²) in [6, 6.07) is 0. The Hall–Kier alpha value is -4.41. The Kier molecular flexibility index (Phi) is 31.7. The van der Waals surface area contributed by atoms with E-state index in [1.165, 1.54) is 44.9 Å². The van der Waals surface area contributed by atoms with Gasteiger partial charge in [-0.25, -0.2) is 18.5 Å². The van der Waals surface area contributed by atoms with Crippen LogP contribution < -0.4 is 6.15 Å². The van der Waals surface area contributed by atoms with E-state index in [9.17, 15) is 63.1 Å². The average molecular weight is 1000 g/mol. The number of carbonyl (C=O) groups is 2. The molecule has 0 saturated heterocycles. The van der Waals surface area contributed by atoms with Crippen molar-refractivity contribution in [3.63, 3.8) is 0 Å². The van der Waals surface area contributed by atoms with Crippen LogP contribution in [0, 0.1) is 95.2 Å². The SMILES string of the molecule is C#CC#CC#CC#CC#CC#CC#CC#CC(=O)OC[C@H](COP(=O)(O)OC1C(O)[C@H](OP(=O)(O)O)C(O)C(OP(=O)(O)O)[C@@H]1O)OC(=O)CCCCCCCCCCCCCCC.N.[HH].[HH].[HH].[HH].[HH].[HH].[HH].[HH].[HH].[HH].[HH].[HH].[HH].[HH].[HH].